The van der Waals surface area contributed by atoms with Crippen molar-refractivity contribution in [2.75, 3.05) is 30.5 Å². The summed E-state index contributed by atoms with van der Waals surface area (Å²) in [5, 5.41) is 3.33. The van der Waals surface area contributed by atoms with E-state index in [1.165, 1.54) is 41.7 Å². The second-order valence-corrected chi connectivity index (χ2v) is 13.0. The summed E-state index contributed by atoms with van der Waals surface area (Å²) in [5.41, 5.74) is 11.7. The van der Waals surface area contributed by atoms with E-state index in [1.54, 1.807) is 55.8 Å². The highest BCUT2D eigenvalue weighted by Gasteiger charge is 2.22. The molecule has 0 fully saturated rings. The summed E-state index contributed by atoms with van der Waals surface area (Å²) in [7, 11) is 3.67. The maximum Gasteiger partial charge on any atom is 0.312 e. The van der Waals surface area contributed by atoms with Crippen molar-refractivity contribution >= 4 is 46.7 Å². The number of amides is 2. The van der Waals surface area contributed by atoms with Crippen LogP contribution in [0.5, 0.6) is 5.75 Å². The molecule has 0 unspecified atom stereocenters. The van der Waals surface area contributed by atoms with Gasteiger partial charge in [-0.05, 0) is 104 Å². The molecule has 0 atom stereocenters. The zero-order chi connectivity index (χ0) is 38.3. The number of nitrogens with one attached hydrogen (secondary N) is 1. The molecule has 1 aliphatic rings. The molecule has 1 aliphatic carbocycles. The van der Waals surface area contributed by atoms with Gasteiger partial charge in [-0.15, -0.1) is 0 Å². The van der Waals surface area contributed by atoms with Crippen LogP contribution in [0.4, 0.5) is 11.5 Å². The van der Waals surface area contributed by atoms with E-state index in [0.29, 0.717) is 41.2 Å². The van der Waals surface area contributed by atoms with Crippen LogP contribution in [0, 0.1) is 0 Å². The molecule has 3 aromatic carbocycles. The molecule has 2 amide bonds. The van der Waals surface area contributed by atoms with Crippen LogP contribution in [-0.4, -0.2) is 58.9 Å². The van der Waals surface area contributed by atoms with Crippen molar-refractivity contribution in [2.45, 2.75) is 64.8 Å². The number of esters is 1. The molecule has 0 bridgehead atoms. The minimum atomic E-state index is -0.420. The first kappa shape index (κ1) is 39.3. The minimum Gasteiger partial charge on any atom is -0.426 e. The number of aliphatic imine (C=N–C) groups is 1. The van der Waals surface area contributed by atoms with Crippen LogP contribution in [-0.2, 0) is 40.8 Å². The molecule has 5 aromatic rings. The van der Waals surface area contributed by atoms with Gasteiger partial charge in [0, 0.05) is 50.3 Å². The first-order chi connectivity index (χ1) is 26.3. The first-order valence-electron chi connectivity index (χ1n) is 18.4. The predicted octanol–water partition coefficient (Wildman–Crippen LogP) is 6.79. The Balaban J connectivity index is 0.000000631. The zero-order valence-corrected chi connectivity index (χ0v) is 31.3. The Hall–Kier alpha value is -5.88. The Morgan fingerprint density at radius 3 is 2.52 bits per heavy atom. The van der Waals surface area contributed by atoms with Crippen molar-refractivity contribution in [2.24, 2.45) is 17.8 Å². The van der Waals surface area contributed by atoms with E-state index >= 15 is 0 Å². The number of unbranched alkanes of at least 4 members (excludes halogenated alkanes) is 3. The van der Waals surface area contributed by atoms with E-state index in [4.69, 9.17) is 20.2 Å². The number of amidine groups is 1. The van der Waals surface area contributed by atoms with Crippen LogP contribution >= 0.6 is 0 Å². The fourth-order valence-corrected chi connectivity index (χ4v) is 6.27. The number of nitrogens with two attached hydrogens (primary N) is 1. The minimum absolute atomic E-state index is 0.00148. The van der Waals surface area contributed by atoms with Gasteiger partial charge in [0.1, 0.15) is 23.2 Å². The molecule has 282 valence electrons. The number of ether oxygens (including phenoxy) is 2. The molecule has 54 heavy (non-hydrogen) atoms. The lowest BCUT2D eigenvalue weighted by atomic mass is 10.1. The summed E-state index contributed by atoms with van der Waals surface area (Å²) in [6.45, 7) is 3.67. The van der Waals surface area contributed by atoms with E-state index in [0.717, 1.165) is 42.9 Å². The molecule has 6 rings (SSSR count). The number of methoxy groups -OCH3 is 1. The lowest BCUT2D eigenvalue weighted by Crippen LogP contribution is -2.34. The number of aryl methyl sites for hydroxylation is 3. The summed E-state index contributed by atoms with van der Waals surface area (Å²) in [5.74, 6) is 1.16. The van der Waals surface area contributed by atoms with Crippen molar-refractivity contribution in [3.05, 3.63) is 113 Å². The van der Waals surface area contributed by atoms with Gasteiger partial charge in [-0.1, -0.05) is 38.3 Å². The maximum atomic E-state index is 13.9. The summed E-state index contributed by atoms with van der Waals surface area (Å²) >= 11 is 0. The van der Waals surface area contributed by atoms with Crippen LogP contribution in [0.2, 0.25) is 0 Å². The third-order valence-electron chi connectivity index (χ3n) is 9.26. The average molecular weight is 732 g/mol. The molecule has 0 saturated heterocycles. The zero-order valence-electron chi connectivity index (χ0n) is 31.3. The van der Waals surface area contributed by atoms with Crippen LogP contribution in [0.3, 0.4) is 0 Å². The fourth-order valence-electron chi connectivity index (χ4n) is 6.27. The smallest absolute Gasteiger partial charge is 0.312 e. The number of rotatable bonds is 16. The number of carbonyl (C=O) groups excluding carboxylic acids is 3. The summed E-state index contributed by atoms with van der Waals surface area (Å²) in [4.78, 5) is 51.5. The Labute approximate surface area is 316 Å². The molecular weight excluding hydrogens is 683 g/mol. The molecule has 0 radical (unpaired) electrons. The first-order valence-corrected chi connectivity index (χ1v) is 18.4. The Kier molecular flexibility index (Phi) is 14.4. The van der Waals surface area contributed by atoms with Gasteiger partial charge in [0.2, 0.25) is 6.41 Å². The number of imidazole rings is 1. The van der Waals surface area contributed by atoms with Crippen LogP contribution < -0.4 is 20.7 Å². The normalized spacial score (nSPS) is 12.1. The van der Waals surface area contributed by atoms with Crippen LogP contribution in [0.1, 0.15) is 78.3 Å². The van der Waals surface area contributed by atoms with Gasteiger partial charge in [0.05, 0.1) is 24.0 Å². The Bertz CT molecular complexity index is 2040. The van der Waals surface area contributed by atoms with Gasteiger partial charge in [-0.2, -0.15) is 4.99 Å². The molecule has 0 aliphatic heterocycles. The number of benzene rings is 3. The molecule has 2 heterocycles. The second-order valence-electron chi connectivity index (χ2n) is 13.0. The lowest BCUT2D eigenvalue weighted by Gasteiger charge is -2.21. The second kappa shape index (κ2) is 19.8. The van der Waals surface area contributed by atoms with Crippen molar-refractivity contribution in [3.8, 4) is 5.75 Å². The highest BCUT2D eigenvalue weighted by Crippen LogP contribution is 2.27. The van der Waals surface area contributed by atoms with Crippen LogP contribution in [0.25, 0.3) is 11.0 Å². The number of nitrogens with zero attached hydrogens (tertiary/aromatic N) is 5. The number of carbonyl (C=O) groups is 3. The van der Waals surface area contributed by atoms with Crippen LogP contribution in [0.15, 0.2) is 90.1 Å². The number of hydrogen-bond acceptors (Lipinski definition) is 8. The van der Waals surface area contributed by atoms with E-state index in [-0.39, 0.29) is 24.7 Å². The third kappa shape index (κ3) is 10.6. The standard InChI is InChI=1S/C35H33N7O4.C7H16O/c1-41-30-15-11-26(20-29(30)40-32(41)21-38-27-12-8-24(9-13-27)34(36)39-22-43)35(45)42(31-7-2-3-17-37-31)18-16-33(44)46-28-14-10-23-5-4-6-25(23)19-28;1-3-4-5-6-7-8-2/h2-3,7-15,17,19-20,22,38H,4-6,16,18,21H2,1H3,(H2,36,39,43);3-7H2,1-2H3. The predicted molar refractivity (Wildman–Crippen MR) is 212 cm³/mol. The highest BCUT2D eigenvalue weighted by atomic mass is 16.5. The van der Waals surface area contributed by atoms with Gasteiger partial charge >= 0.3 is 5.97 Å². The summed E-state index contributed by atoms with van der Waals surface area (Å²) in [6, 6.07) is 23.7. The molecule has 0 spiro atoms. The SMILES string of the molecule is CCCCCCOC.Cn1c(CNc2ccc(C(N)=NC=O)cc2)nc2cc(C(=O)N(CCC(=O)Oc3ccc4c(c3)CCC4)c3ccccn3)ccc21. The lowest BCUT2D eigenvalue weighted by molar-refractivity contribution is -0.134. The van der Waals surface area contributed by atoms with Gasteiger partial charge < -0.3 is 25.1 Å². The van der Waals surface area contributed by atoms with E-state index in [2.05, 4.69) is 22.2 Å². The van der Waals surface area contributed by atoms with Gasteiger partial charge in [-0.25, -0.2) is 9.97 Å². The summed E-state index contributed by atoms with van der Waals surface area (Å²) < 4.78 is 12.5. The molecule has 3 N–H and O–H groups in total. The molecular formula is C42H49N7O5. The van der Waals surface area contributed by atoms with E-state index < -0.39 is 5.97 Å². The number of hydrogen-bond donors (Lipinski definition) is 2. The van der Waals surface area contributed by atoms with Gasteiger partial charge in [-0.3, -0.25) is 19.3 Å². The van der Waals surface area contributed by atoms with E-state index in [9.17, 15) is 14.4 Å². The number of aromatic nitrogens is 3. The quantitative estimate of drug-likeness (QED) is 0.0279. The molecule has 0 saturated carbocycles. The molecule has 12 heteroatoms. The Morgan fingerprint density at radius 2 is 1.78 bits per heavy atom. The van der Waals surface area contributed by atoms with Gasteiger partial charge in [0.25, 0.3) is 5.91 Å². The molecule has 12 nitrogen and oxygen atoms in total. The summed E-state index contributed by atoms with van der Waals surface area (Å²) in [6.07, 6.45) is 10.4. The number of anilines is 2. The Morgan fingerprint density at radius 1 is 0.981 bits per heavy atom. The maximum absolute atomic E-state index is 13.9. The van der Waals surface area contributed by atoms with Crippen molar-refractivity contribution in [1.29, 1.82) is 0 Å². The van der Waals surface area contributed by atoms with Crippen molar-refractivity contribution in [3.63, 3.8) is 0 Å². The average Bonchev–Trinajstić information content (AvgIpc) is 3.79. The van der Waals surface area contributed by atoms with Gasteiger partial charge in [0.15, 0.2) is 0 Å². The number of fused-ring (bicyclic) bond motifs is 2. The van der Waals surface area contributed by atoms with E-state index in [1.807, 2.05) is 48.0 Å². The largest absolute Gasteiger partial charge is 0.426 e. The number of pyridine rings is 1. The highest BCUT2D eigenvalue weighted by molar-refractivity contribution is 6.07. The van der Waals surface area contributed by atoms with Crippen molar-refractivity contribution in [1.82, 2.24) is 14.5 Å². The molecule has 2 aromatic heterocycles. The fraction of sp³-hybridized carbons (Fsp3) is 0.333. The topological polar surface area (TPSA) is 154 Å². The third-order valence-corrected chi connectivity index (χ3v) is 9.26. The van der Waals surface area contributed by atoms with Crippen molar-refractivity contribution < 1.29 is 23.9 Å². The monoisotopic (exact) mass is 731 g/mol.